The number of benzene rings is 2. The van der Waals surface area contributed by atoms with Crippen LogP contribution in [0.4, 0.5) is 4.39 Å². The lowest BCUT2D eigenvalue weighted by Gasteiger charge is -2.15. The van der Waals surface area contributed by atoms with E-state index < -0.39 is 17.7 Å². The molecule has 0 aliphatic carbocycles. The van der Waals surface area contributed by atoms with Gasteiger partial charge in [0.1, 0.15) is 11.6 Å². The molecule has 0 spiro atoms. The third-order valence-electron chi connectivity index (χ3n) is 3.26. The number of carboxylic acids is 1. The molecule has 2 aromatic rings. The van der Waals surface area contributed by atoms with Crippen LogP contribution in [0.5, 0.6) is 5.75 Å². The first-order valence-corrected chi connectivity index (χ1v) is 7.12. The van der Waals surface area contributed by atoms with Gasteiger partial charge in [-0.15, -0.1) is 0 Å². The Bertz CT molecular complexity index is 658. The van der Waals surface area contributed by atoms with Crippen LogP contribution in [0.15, 0.2) is 46.9 Å². The summed E-state index contributed by atoms with van der Waals surface area (Å²) in [5.74, 6) is -1.89. The van der Waals surface area contributed by atoms with E-state index in [2.05, 4.69) is 15.9 Å². The van der Waals surface area contributed by atoms with Crippen LogP contribution in [0.2, 0.25) is 0 Å². The lowest BCUT2D eigenvalue weighted by Crippen LogP contribution is -2.16. The fraction of sp³-hybridized carbons (Fsp3) is 0.188. The molecule has 1 N–H and O–H groups in total. The molecule has 0 aromatic heterocycles. The number of carboxylic acid groups (broad SMARTS) is 1. The number of carbonyl (C=O) groups is 1. The number of aliphatic carboxylic acids is 1. The lowest BCUT2D eigenvalue weighted by molar-refractivity contribution is -0.138. The van der Waals surface area contributed by atoms with Gasteiger partial charge in [-0.25, -0.2) is 4.39 Å². The summed E-state index contributed by atoms with van der Waals surface area (Å²) in [5.41, 5.74) is 0.935. The molecule has 0 saturated carbocycles. The Morgan fingerprint density at radius 2 is 2.05 bits per heavy atom. The van der Waals surface area contributed by atoms with E-state index in [-0.39, 0.29) is 12.0 Å². The van der Waals surface area contributed by atoms with E-state index in [1.54, 1.807) is 37.4 Å². The molecule has 1 atom stereocenters. The van der Waals surface area contributed by atoms with Gasteiger partial charge in [-0.2, -0.15) is 0 Å². The molecule has 3 nitrogen and oxygen atoms in total. The Hall–Kier alpha value is -1.88. The van der Waals surface area contributed by atoms with Crippen LogP contribution >= 0.6 is 15.9 Å². The van der Waals surface area contributed by atoms with Crippen molar-refractivity contribution in [2.45, 2.75) is 12.3 Å². The summed E-state index contributed by atoms with van der Waals surface area (Å²) < 4.78 is 19.8. The first kappa shape index (κ1) is 15.5. The van der Waals surface area contributed by atoms with Gasteiger partial charge >= 0.3 is 5.97 Å². The standard InChI is InChI=1S/C16H14BrFO3/c1-21-11-6-7-14(17)10(8-11)9-13(16(19)20)12-4-2-3-5-15(12)18/h2-8,13H,9H2,1H3,(H,19,20). The topological polar surface area (TPSA) is 46.5 Å². The Labute approximate surface area is 130 Å². The minimum Gasteiger partial charge on any atom is -0.497 e. The molecule has 0 fully saturated rings. The number of hydrogen-bond donors (Lipinski definition) is 1. The summed E-state index contributed by atoms with van der Waals surface area (Å²) in [7, 11) is 1.54. The van der Waals surface area contributed by atoms with E-state index in [4.69, 9.17) is 4.74 Å². The predicted octanol–water partition coefficient (Wildman–Crippen LogP) is 4.01. The first-order chi connectivity index (χ1) is 10.0. The van der Waals surface area contributed by atoms with Gasteiger partial charge in [0.2, 0.25) is 0 Å². The SMILES string of the molecule is COc1ccc(Br)c(CC(C(=O)O)c2ccccc2F)c1. The molecule has 0 aliphatic rings. The Morgan fingerprint density at radius 1 is 1.33 bits per heavy atom. The van der Waals surface area contributed by atoms with Gasteiger partial charge in [-0.1, -0.05) is 34.1 Å². The highest BCUT2D eigenvalue weighted by atomic mass is 79.9. The van der Waals surface area contributed by atoms with Crippen molar-refractivity contribution in [3.8, 4) is 5.75 Å². The third kappa shape index (κ3) is 3.61. The van der Waals surface area contributed by atoms with Gasteiger partial charge in [0.25, 0.3) is 0 Å². The summed E-state index contributed by atoms with van der Waals surface area (Å²) in [6.45, 7) is 0. The van der Waals surface area contributed by atoms with Crippen molar-refractivity contribution >= 4 is 21.9 Å². The monoisotopic (exact) mass is 352 g/mol. The molecular formula is C16H14BrFO3. The van der Waals surface area contributed by atoms with E-state index in [9.17, 15) is 14.3 Å². The second-order valence-corrected chi connectivity index (χ2v) is 5.43. The van der Waals surface area contributed by atoms with Crippen LogP contribution in [0.25, 0.3) is 0 Å². The molecule has 21 heavy (non-hydrogen) atoms. The van der Waals surface area contributed by atoms with Gasteiger partial charge in [0, 0.05) is 10.0 Å². The second kappa shape index (κ2) is 6.72. The maximum absolute atomic E-state index is 13.8. The van der Waals surface area contributed by atoms with Crippen LogP contribution in [0.3, 0.4) is 0 Å². The van der Waals surface area contributed by atoms with E-state index in [1.165, 1.54) is 12.1 Å². The third-order valence-corrected chi connectivity index (χ3v) is 4.03. The summed E-state index contributed by atoms with van der Waals surface area (Å²) in [4.78, 5) is 11.5. The molecule has 0 aliphatic heterocycles. The highest BCUT2D eigenvalue weighted by Gasteiger charge is 2.24. The average molecular weight is 353 g/mol. The van der Waals surface area contributed by atoms with Crippen molar-refractivity contribution in [2.24, 2.45) is 0 Å². The van der Waals surface area contributed by atoms with Crippen LogP contribution < -0.4 is 4.74 Å². The van der Waals surface area contributed by atoms with E-state index >= 15 is 0 Å². The summed E-state index contributed by atoms with van der Waals surface area (Å²) >= 11 is 3.39. The molecule has 1 unspecified atom stereocenters. The number of hydrogen-bond acceptors (Lipinski definition) is 2. The Kier molecular flexibility index (Phi) is 4.96. The minimum absolute atomic E-state index is 0.175. The number of rotatable bonds is 5. The van der Waals surface area contributed by atoms with Crippen LogP contribution in [-0.4, -0.2) is 18.2 Å². The van der Waals surface area contributed by atoms with Crippen molar-refractivity contribution in [2.75, 3.05) is 7.11 Å². The molecule has 2 aromatic carbocycles. The van der Waals surface area contributed by atoms with Crippen LogP contribution in [-0.2, 0) is 11.2 Å². The van der Waals surface area contributed by atoms with Gasteiger partial charge in [0.15, 0.2) is 0 Å². The highest BCUT2D eigenvalue weighted by Crippen LogP contribution is 2.29. The number of halogens is 2. The summed E-state index contributed by atoms with van der Waals surface area (Å²) in [6, 6.07) is 11.3. The van der Waals surface area contributed by atoms with Crippen molar-refractivity contribution in [3.05, 3.63) is 63.9 Å². The average Bonchev–Trinajstić information content (AvgIpc) is 2.47. The van der Waals surface area contributed by atoms with Crippen molar-refractivity contribution in [1.29, 1.82) is 0 Å². The van der Waals surface area contributed by atoms with E-state index in [1.807, 2.05) is 0 Å². The van der Waals surface area contributed by atoms with Crippen molar-refractivity contribution in [1.82, 2.24) is 0 Å². The van der Waals surface area contributed by atoms with Crippen LogP contribution in [0, 0.1) is 5.82 Å². The Balaban J connectivity index is 2.38. The predicted molar refractivity (Wildman–Crippen MR) is 81.2 cm³/mol. The van der Waals surface area contributed by atoms with Crippen molar-refractivity contribution in [3.63, 3.8) is 0 Å². The smallest absolute Gasteiger partial charge is 0.311 e. The first-order valence-electron chi connectivity index (χ1n) is 6.32. The maximum Gasteiger partial charge on any atom is 0.311 e. The maximum atomic E-state index is 13.8. The largest absolute Gasteiger partial charge is 0.497 e. The van der Waals surface area contributed by atoms with Gasteiger partial charge in [-0.3, -0.25) is 4.79 Å². The molecule has 110 valence electrons. The highest BCUT2D eigenvalue weighted by molar-refractivity contribution is 9.10. The van der Waals surface area contributed by atoms with Gasteiger partial charge in [-0.05, 0) is 36.2 Å². The van der Waals surface area contributed by atoms with E-state index in [0.717, 1.165) is 10.0 Å². The molecule has 0 saturated heterocycles. The lowest BCUT2D eigenvalue weighted by atomic mass is 9.91. The fourth-order valence-electron chi connectivity index (χ4n) is 2.14. The summed E-state index contributed by atoms with van der Waals surface area (Å²) in [5, 5.41) is 9.42. The molecule has 0 radical (unpaired) electrons. The zero-order valence-electron chi connectivity index (χ0n) is 11.3. The van der Waals surface area contributed by atoms with Crippen molar-refractivity contribution < 1.29 is 19.0 Å². The Morgan fingerprint density at radius 3 is 2.67 bits per heavy atom. The molecule has 0 amide bonds. The van der Waals surface area contributed by atoms with E-state index in [0.29, 0.717) is 5.75 Å². The normalized spacial score (nSPS) is 12.0. The van der Waals surface area contributed by atoms with Gasteiger partial charge in [0.05, 0.1) is 13.0 Å². The zero-order chi connectivity index (χ0) is 15.4. The van der Waals surface area contributed by atoms with Gasteiger partial charge < -0.3 is 9.84 Å². The summed E-state index contributed by atoms with van der Waals surface area (Å²) in [6.07, 6.45) is 0.175. The zero-order valence-corrected chi connectivity index (χ0v) is 12.9. The molecular weight excluding hydrogens is 339 g/mol. The second-order valence-electron chi connectivity index (χ2n) is 4.57. The number of methoxy groups -OCH3 is 1. The molecule has 0 bridgehead atoms. The molecule has 2 rings (SSSR count). The molecule has 5 heteroatoms. The minimum atomic E-state index is -1.06. The van der Waals surface area contributed by atoms with Crippen LogP contribution in [0.1, 0.15) is 17.0 Å². The molecule has 0 heterocycles. The fourth-order valence-corrected chi connectivity index (χ4v) is 2.55. The quantitative estimate of drug-likeness (QED) is 0.884. The number of ether oxygens (including phenoxy) is 1.